The number of ether oxygens (including phenoxy) is 1. The summed E-state index contributed by atoms with van der Waals surface area (Å²) >= 11 is 3.60. The molecule has 0 fully saturated rings. The predicted octanol–water partition coefficient (Wildman–Crippen LogP) is 4.67. The number of benzene rings is 2. The minimum atomic E-state index is 0.0759. The van der Waals surface area contributed by atoms with Gasteiger partial charge in [0.15, 0.2) is 0 Å². The van der Waals surface area contributed by atoms with Crippen LogP contribution in [0.15, 0.2) is 63.7 Å². The van der Waals surface area contributed by atoms with Gasteiger partial charge in [-0.15, -0.1) is 0 Å². The third-order valence-corrected chi connectivity index (χ3v) is 5.35. The van der Waals surface area contributed by atoms with E-state index in [1.54, 1.807) is 14.0 Å². The number of amidine groups is 1. The summed E-state index contributed by atoms with van der Waals surface area (Å²) < 4.78 is 6.18. The van der Waals surface area contributed by atoms with E-state index in [1.165, 1.54) is 0 Å². The first-order chi connectivity index (χ1) is 14.0. The van der Waals surface area contributed by atoms with Crippen molar-refractivity contribution in [3.63, 3.8) is 0 Å². The van der Waals surface area contributed by atoms with Crippen molar-refractivity contribution in [2.45, 2.75) is 19.9 Å². The predicted molar refractivity (Wildman–Crippen MR) is 118 cm³/mol. The molecule has 0 radical (unpaired) electrons. The Balaban J connectivity index is 1.81. The summed E-state index contributed by atoms with van der Waals surface area (Å²) in [6.45, 7) is 3.26. The Bertz CT molecular complexity index is 1000. The molecular formula is C23H22BrN3O2. The third kappa shape index (κ3) is 5.20. The molecule has 1 aliphatic rings. The number of carbonyl (C=O) groups is 1. The number of halogens is 1. The lowest BCUT2D eigenvalue weighted by atomic mass is 9.99. The van der Waals surface area contributed by atoms with Crippen molar-refractivity contribution < 1.29 is 9.53 Å². The number of aliphatic imine (C=N–C) groups is 1. The molecule has 0 amide bonds. The quantitative estimate of drug-likeness (QED) is 0.613. The zero-order valence-corrected chi connectivity index (χ0v) is 18.1. The number of ketones is 1. The fourth-order valence-corrected chi connectivity index (χ4v) is 3.75. The summed E-state index contributed by atoms with van der Waals surface area (Å²) in [4.78, 5) is 18.5. The average Bonchev–Trinajstić information content (AvgIpc) is 2.71. The number of nitrogens with zero attached hydrogens (tertiary/aromatic N) is 3. The van der Waals surface area contributed by atoms with Crippen molar-refractivity contribution in [1.82, 2.24) is 4.90 Å². The normalized spacial score (nSPS) is 13.9. The summed E-state index contributed by atoms with van der Waals surface area (Å²) in [6.07, 6.45) is 0.293. The van der Waals surface area contributed by atoms with Crippen LogP contribution in [0.3, 0.4) is 0 Å². The fraction of sp³-hybridized carbons (Fsp3) is 0.261. The molecule has 5 nitrogen and oxygen atoms in total. The standard InChI is InChI=1S/C23H22BrN3O2/c1-16(28)11-23-26-22(15-29-2)21(24)14-27(23)13-17-7-9-18(10-8-17)20-6-4-3-5-19(20)12-25/h3-10H,11,13-15H2,1-2H3. The van der Waals surface area contributed by atoms with Crippen LogP contribution < -0.4 is 0 Å². The zero-order valence-electron chi connectivity index (χ0n) is 16.5. The highest BCUT2D eigenvalue weighted by atomic mass is 79.9. The van der Waals surface area contributed by atoms with Gasteiger partial charge in [-0.3, -0.25) is 4.79 Å². The Morgan fingerprint density at radius 2 is 1.97 bits per heavy atom. The first-order valence-electron chi connectivity index (χ1n) is 9.28. The van der Waals surface area contributed by atoms with Crippen LogP contribution in [0.4, 0.5) is 0 Å². The summed E-state index contributed by atoms with van der Waals surface area (Å²) in [6, 6.07) is 18.0. The maximum Gasteiger partial charge on any atom is 0.137 e. The Kier molecular flexibility index (Phi) is 6.97. The second-order valence-corrected chi connectivity index (χ2v) is 7.86. The number of Topliss-reactive ketones (excluding diaryl/α,β-unsaturated/α-hetero) is 1. The SMILES string of the molecule is COCC1=C(Br)CN(Cc2ccc(-c3ccccc3C#N)cc2)C(CC(C)=O)=N1. The lowest BCUT2D eigenvalue weighted by Crippen LogP contribution is -2.36. The highest BCUT2D eigenvalue weighted by Crippen LogP contribution is 2.26. The van der Waals surface area contributed by atoms with Gasteiger partial charge in [0, 0.05) is 18.1 Å². The molecule has 0 aliphatic carbocycles. The maximum atomic E-state index is 11.7. The van der Waals surface area contributed by atoms with E-state index in [0.717, 1.165) is 32.7 Å². The van der Waals surface area contributed by atoms with Crippen molar-refractivity contribution in [1.29, 1.82) is 5.26 Å². The number of nitriles is 1. The molecule has 0 aromatic heterocycles. The fourth-order valence-electron chi connectivity index (χ4n) is 3.25. The zero-order chi connectivity index (χ0) is 20.8. The van der Waals surface area contributed by atoms with Crippen molar-refractivity contribution >= 4 is 27.5 Å². The van der Waals surface area contributed by atoms with E-state index in [1.807, 2.05) is 36.4 Å². The number of methoxy groups -OCH3 is 1. The monoisotopic (exact) mass is 451 g/mol. The molecule has 6 heteroatoms. The highest BCUT2D eigenvalue weighted by molar-refractivity contribution is 9.11. The summed E-state index contributed by atoms with van der Waals surface area (Å²) in [5, 5.41) is 9.32. The van der Waals surface area contributed by atoms with Crippen LogP contribution in [-0.4, -0.2) is 36.8 Å². The molecule has 29 heavy (non-hydrogen) atoms. The number of carbonyl (C=O) groups excluding carboxylic acids is 1. The van der Waals surface area contributed by atoms with Crippen LogP contribution in [-0.2, 0) is 16.1 Å². The van der Waals surface area contributed by atoms with Crippen molar-refractivity contribution in [3.05, 3.63) is 69.8 Å². The van der Waals surface area contributed by atoms with E-state index >= 15 is 0 Å². The van der Waals surface area contributed by atoms with Gasteiger partial charge in [0.05, 0.1) is 36.9 Å². The van der Waals surface area contributed by atoms with Crippen LogP contribution in [0.5, 0.6) is 0 Å². The molecular weight excluding hydrogens is 430 g/mol. The third-order valence-electron chi connectivity index (χ3n) is 4.65. The van der Waals surface area contributed by atoms with Crippen molar-refractivity contribution in [2.24, 2.45) is 4.99 Å². The second kappa shape index (κ2) is 9.64. The molecule has 148 valence electrons. The molecule has 0 N–H and O–H groups in total. The average molecular weight is 452 g/mol. The molecule has 0 saturated heterocycles. The molecule has 0 saturated carbocycles. The molecule has 2 aromatic rings. The Morgan fingerprint density at radius 1 is 1.24 bits per heavy atom. The Hall–Kier alpha value is -2.75. The van der Waals surface area contributed by atoms with E-state index in [0.29, 0.717) is 31.7 Å². The van der Waals surface area contributed by atoms with Crippen LogP contribution in [0.25, 0.3) is 11.1 Å². The maximum absolute atomic E-state index is 11.7. The molecule has 1 aliphatic heterocycles. The Labute approximate surface area is 179 Å². The highest BCUT2D eigenvalue weighted by Gasteiger charge is 2.22. The first kappa shape index (κ1) is 21.0. The molecule has 2 aromatic carbocycles. The van der Waals surface area contributed by atoms with Crippen LogP contribution in [0, 0.1) is 11.3 Å². The van der Waals surface area contributed by atoms with Gasteiger partial charge in [0.1, 0.15) is 11.6 Å². The number of hydrogen-bond donors (Lipinski definition) is 0. The number of rotatable bonds is 7. The van der Waals surface area contributed by atoms with E-state index in [-0.39, 0.29) is 5.78 Å². The topological polar surface area (TPSA) is 65.7 Å². The lowest BCUT2D eigenvalue weighted by Gasteiger charge is -2.30. The Morgan fingerprint density at radius 3 is 2.62 bits per heavy atom. The van der Waals surface area contributed by atoms with Gasteiger partial charge in [0.2, 0.25) is 0 Å². The number of hydrogen-bond acceptors (Lipinski definition) is 5. The van der Waals surface area contributed by atoms with Gasteiger partial charge in [-0.1, -0.05) is 58.4 Å². The molecule has 0 spiro atoms. The van der Waals surface area contributed by atoms with Crippen molar-refractivity contribution in [3.8, 4) is 17.2 Å². The molecule has 0 unspecified atom stereocenters. The van der Waals surface area contributed by atoms with Crippen LogP contribution >= 0.6 is 15.9 Å². The van der Waals surface area contributed by atoms with Gasteiger partial charge in [0.25, 0.3) is 0 Å². The van der Waals surface area contributed by atoms with Gasteiger partial charge in [-0.05, 0) is 29.7 Å². The summed E-state index contributed by atoms with van der Waals surface area (Å²) in [5.74, 6) is 0.832. The largest absolute Gasteiger partial charge is 0.378 e. The summed E-state index contributed by atoms with van der Waals surface area (Å²) in [7, 11) is 1.63. The molecule has 3 rings (SSSR count). The van der Waals surface area contributed by atoms with Gasteiger partial charge < -0.3 is 9.64 Å². The van der Waals surface area contributed by atoms with Gasteiger partial charge in [-0.2, -0.15) is 5.26 Å². The summed E-state index contributed by atoms with van der Waals surface area (Å²) in [5.41, 5.74) is 4.52. The lowest BCUT2D eigenvalue weighted by molar-refractivity contribution is -0.116. The second-order valence-electron chi connectivity index (χ2n) is 6.90. The molecule has 1 heterocycles. The van der Waals surface area contributed by atoms with Gasteiger partial charge in [-0.25, -0.2) is 4.99 Å². The van der Waals surface area contributed by atoms with Gasteiger partial charge >= 0.3 is 0 Å². The van der Waals surface area contributed by atoms with E-state index in [9.17, 15) is 10.1 Å². The van der Waals surface area contributed by atoms with Crippen LogP contribution in [0.1, 0.15) is 24.5 Å². The first-order valence-corrected chi connectivity index (χ1v) is 10.1. The molecule has 0 atom stereocenters. The minimum Gasteiger partial charge on any atom is -0.378 e. The minimum absolute atomic E-state index is 0.0759. The van der Waals surface area contributed by atoms with Crippen LogP contribution in [0.2, 0.25) is 0 Å². The van der Waals surface area contributed by atoms with Crippen molar-refractivity contribution in [2.75, 3.05) is 20.3 Å². The van der Waals surface area contributed by atoms with E-state index in [4.69, 9.17) is 4.74 Å². The smallest absolute Gasteiger partial charge is 0.137 e. The van der Waals surface area contributed by atoms with E-state index < -0.39 is 0 Å². The van der Waals surface area contributed by atoms with E-state index in [2.05, 4.69) is 44.0 Å². The molecule has 0 bridgehead atoms.